The number of amides is 2. The number of carbonyl (C=O) groups excluding carboxylic acids is 1. The van der Waals surface area contributed by atoms with Gasteiger partial charge in [-0.15, -0.1) is 12.3 Å². The molecule has 0 spiro atoms. The first-order valence-corrected chi connectivity index (χ1v) is 5.58. The lowest BCUT2D eigenvalue weighted by atomic mass is 10.2. The van der Waals surface area contributed by atoms with Gasteiger partial charge in [0.05, 0.1) is 0 Å². The molecule has 0 fully saturated rings. The lowest BCUT2D eigenvalue weighted by Gasteiger charge is -2.12. The number of hydrogen-bond acceptors (Lipinski definition) is 4. The number of aliphatic carboxylic acids is 1. The largest absolute Gasteiger partial charge is 0.480 e. The molecule has 0 bridgehead atoms. The number of urea groups is 1. The van der Waals surface area contributed by atoms with Crippen LogP contribution in [0.2, 0.25) is 0 Å². The van der Waals surface area contributed by atoms with Crippen LogP contribution < -0.4 is 10.6 Å². The second-order valence-corrected chi connectivity index (χ2v) is 3.78. The third-order valence-corrected chi connectivity index (χ3v) is 2.21. The maximum absolute atomic E-state index is 11.4. The van der Waals surface area contributed by atoms with Crippen LogP contribution in [0.1, 0.15) is 12.2 Å². The Morgan fingerprint density at radius 2 is 2.37 bits per heavy atom. The van der Waals surface area contributed by atoms with Crippen molar-refractivity contribution >= 4 is 12.0 Å². The fraction of sp³-hybridized carbons (Fsp3) is 0.455. The summed E-state index contributed by atoms with van der Waals surface area (Å²) in [5.41, 5.74) is 0. The van der Waals surface area contributed by atoms with Crippen molar-refractivity contribution in [3.63, 3.8) is 0 Å². The first-order chi connectivity index (χ1) is 9.02. The molecular weight excluding hydrogens is 250 g/mol. The molecule has 0 aromatic carbocycles. The fourth-order valence-corrected chi connectivity index (χ4v) is 1.31. The van der Waals surface area contributed by atoms with Crippen molar-refractivity contribution in [3.05, 3.63) is 12.2 Å². The summed E-state index contributed by atoms with van der Waals surface area (Å²) >= 11 is 0. The molecule has 0 aliphatic rings. The Morgan fingerprint density at radius 1 is 1.63 bits per heavy atom. The van der Waals surface area contributed by atoms with Crippen molar-refractivity contribution in [1.82, 2.24) is 25.4 Å². The van der Waals surface area contributed by atoms with Crippen LogP contribution in [-0.4, -0.2) is 44.5 Å². The van der Waals surface area contributed by atoms with E-state index in [0.29, 0.717) is 18.8 Å². The van der Waals surface area contributed by atoms with Crippen LogP contribution in [0.3, 0.4) is 0 Å². The number of carboxylic acids is 1. The highest BCUT2D eigenvalue weighted by Gasteiger charge is 2.18. The minimum atomic E-state index is -1.17. The van der Waals surface area contributed by atoms with Gasteiger partial charge >= 0.3 is 12.0 Å². The third-order valence-electron chi connectivity index (χ3n) is 2.21. The minimum absolute atomic E-state index is 0.0649. The quantitative estimate of drug-likeness (QED) is 0.579. The van der Waals surface area contributed by atoms with Gasteiger partial charge in [-0.2, -0.15) is 5.10 Å². The summed E-state index contributed by atoms with van der Waals surface area (Å²) in [6.07, 6.45) is 6.97. The predicted octanol–water partition coefficient (Wildman–Crippen LogP) is -0.867. The number of carbonyl (C=O) groups is 2. The van der Waals surface area contributed by atoms with E-state index >= 15 is 0 Å². The van der Waals surface area contributed by atoms with Gasteiger partial charge in [0.25, 0.3) is 0 Å². The van der Waals surface area contributed by atoms with E-state index in [4.69, 9.17) is 11.5 Å². The Labute approximate surface area is 110 Å². The van der Waals surface area contributed by atoms with E-state index in [1.165, 1.54) is 0 Å². The lowest BCUT2D eigenvalue weighted by Crippen LogP contribution is -2.46. The molecule has 102 valence electrons. The first-order valence-electron chi connectivity index (χ1n) is 5.58. The van der Waals surface area contributed by atoms with Gasteiger partial charge < -0.3 is 15.7 Å². The zero-order valence-electron chi connectivity index (χ0n) is 10.5. The molecule has 1 rings (SSSR count). The van der Waals surface area contributed by atoms with E-state index in [2.05, 4.69) is 26.6 Å². The number of rotatable bonds is 6. The standard InChI is InChI=1S/C11H15N5O3/c1-3-4-8(10(17)18)14-11(19)12-6-5-9-13-7-16(2)15-9/h1,7-8H,4-6H2,2H3,(H,17,18)(H2,12,14,19). The molecule has 1 unspecified atom stereocenters. The Balaban J connectivity index is 2.31. The second kappa shape index (κ2) is 7.00. The number of nitrogens with one attached hydrogen (secondary N) is 2. The number of aryl methyl sites for hydroxylation is 1. The third kappa shape index (κ3) is 5.08. The van der Waals surface area contributed by atoms with Crippen LogP contribution in [0.5, 0.6) is 0 Å². The summed E-state index contributed by atoms with van der Waals surface area (Å²) in [6.45, 7) is 0.304. The summed E-state index contributed by atoms with van der Waals surface area (Å²) in [6, 6.07) is -1.67. The van der Waals surface area contributed by atoms with Gasteiger partial charge in [-0.3, -0.25) is 4.68 Å². The smallest absolute Gasteiger partial charge is 0.327 e. The van der Waals surface area contributed by atoms with Gasteiger partial charge in [0.1, 0.15) is 12.4 Å². The molecule has 8 nitrogen and oxygen atoms in total. The molecule has 0 saturated heterocycles. The van der Waals surface area contributed by atoms with E-state index in [1.54, 1.807) is 18.1 Å². The predicted molar refractivity (Wildman–Crippen MR) is 66.1 cm³/mol. The molecule has 8 heteroatoms. The Kier molecular flexibility index (Phi) is 5.35. The molecule has 2 amide bonds. The molecule has 19 heavy (non-hydrogen) atoms. The van der Waals surface area contributed by atoms with E-state index in [1.807, 2.05) is 0 Å². The number of carboxylic acid groups (broad SMARTS) is 1. The number of aromatic nitrogens is 3. The number of hydrogen-bond donors (Lipinski definition) is 3. The Hall–Kier alpha value is -2.56. The summed E-state index contributed by atoms with van der Waals surface area (Å²) in [4.78, 5) is 26.2. The zero-order chi connectivity index (χ0) is 14.3. The molecule has 1 heterocycles. The summed E-state index contributed by atoms with van der Waals surface area (Å²) in [5.74, 6) is 1.62. The second-order valence-electron chi connectivity index (χ2n) is 3.78. The highest BCUT2D eigenvalue weighted by atomic mass is 16.4. The lowest BCUT2D eigenvalue weighted by molar-refractivity contribution is -0.139. The molecule has 1 aromatic rings. The highest BCUT2D eigenvalue weighted by molar-refractivity contribution is 5.82. The summed E-state index contributed by atoms with van der Waals surface area (Å²) in [7, 11) is 1.74. The molecule has 0 aliphatic heterocycles. The first kappa shape index (κ1) is 14.5. The normalized spacial score (nSPS) is 11.4. The summed E-state index contributed by atoms with van der Waals surface area (Å²) in [5, 5.41) is 17.6. The molecule has 3 N–H and O–H groups in total. The van der Waals surface area contributed by atoms with Crippen LogP contribution >= 0.6 is 0 Å². The van der Waals surface area contributed by atoms with E-state index in [-0.39, 0.29) is 6.42 Å². The Morgan fingerprint density at radius 3 is 2.89 bits per heavy atom. The average Bonchev–Trinajstić information content (AvgIpc) is 2.74. The van der Waals surface area contributed by atoms with Gasteiger partial charge in [-0.05, 0) is 0 Å². The molecular formula is C11H15N5O3. The van der Waals surface area contributed by atoms with E-state index in [9.17, 15) is 9.59 Å². The van der Waals surface area contributed by atoms with Crippen molar-refractivity contribution in [2.24, 2.45) is 7.05 Å². The van der Waals surface area contributed by atoms with Gasteiger partial charge in [0.2, 0.25) is 0 Å². The van der Waals surface area contributed by atoms with Crippen LogP contribution in [0, 0.1) is 12.3 Å². The van der Waals surface area contributed by atoms with Crippen molar-refractivity contribution < 1.29 is 14.7 Å². The van der Waals surface area contributed by atoms with Crippen molar-refractivity contribution in [1.29, 1.82) is 0 Å². The van der Waals surface area contributed by atoms with Crippen LogP contribution in [-0.2, 0) is 18.3 Å². The molecule has 0 radical (unpaired) electrons. The average molecular weight is 265 g/mol. The van der Waals surface area contributed by atoms with Crippen LogP contribution in [0.15, 0.2) is 6.33 Å². The van der Waals surface area contributed by atoms with Crippen LogP contribution in [0.25, 0.3) is 0 Å². The van der Waals surface area contributed by atoms with Gasteiger partial charge in [0, 0.05) is 26.4 Å². The van der Waals surface area contributed by atoms with Crippen molar-refractivity contribution in [2.75, 3.05) is 6.54 Å². The molecule has 1 aromatic heterocycles. The molecule has 0 aliphatic carbocycles. The minimum Gasteiger partial charge on any atom is -0.480 e. The van der Waals surface area contributed by atoms with E-state index < -0.39 is 18.0 Å². The van der Waals surface area contributed by atoms with Gasteiger partial charge in [-0.1, -0.05) is 0 Å². The van der Waals surface area contributed by atoms with Crippen LogP contribution in [0.4, 0.5) is 4.79 Å². The monoisotopic (exact) mass is 265 g/mol. The number of terminal acetylenes is 1. The fourth-order valence-electron chi connectivity index (χ4n) is 1.31. The van der Waals surface area contributed by atoms with Gasteiger partial charge in [0.15, 0.2) is 5.82 Å². The van der Waals surface area contributed by atoms with Crippen molar-refractivity contribution in [3.8, 4) is 12.3 Å². The van der Waals surface area contributed by atoms with E-state index in [0.717, 1.165) is 0 Å². The highest BCUT2D eigenvalue weighted by Crippen LogP contribution is 1.91. The number of nitrogens with zero attached hydrogens (tertiary/aromatic N) is 3. The maximum atomic E-state index is 11.4. The SMILES string of the molecule is C#CCC(NC(=O)NCCc1ncn(C)n1)C(=O)O. The maximum Gasteiger partial charge on any atom is 0.327 e. The molecule has 0 saturated carbocycles. The summed E-state index contributed by atoms with van der Waals surface area (Å²) < 4.78 is 1.56. The topological polar surface area (TPSA) is 109 Å². The van der Waals surface area contributed by atoms with Gasteiger partial charge in [-0.25, -0.2) is 14.6 Å². The Bertz CT molecular complexity index is 491. The molecule has 1 atom stereocenters. The zero-order valence-corrected chi connectivity index (χ0v) is 10.5. The van der Waals surface area contributed by atoms with Crippen molar-refractivity contribution in [2.45, 2.75) is 18.9 Å².